The van der Waals surface area contributed by atoms with Crippen molar-refractivity contribution in [2.75, 3.05) is 59.0 Å². The minimum atomic E-state index is -0.319. The van der Waals surface area contributed by atoms with E-state index < -0.39 is 0 Å². The lowest BCUT2D eigenvalue weighted by Crippen LogP contribution is -2.50. The highest BCUT2D eigenvalue weighted by atomic mass is 16.5. The maximum atomic E-state index is 12.7. The molecule has 2 heterocycles. The molecule has 2 amide bonds. The second-order valence-electron chi connectivity index (χ2n) is 7.71. The van der Waals surface area contributed by atoms with Crippen molar-refractivity contribution in [3.05, 3.63) is 29.8 Å². The number of benzene rings is 1. The number of phenolic OH excluding ortho intramolecular Hbond substituents is 1. The molecule has 0 aliphatic carbocycles. The standard InChI is InChI=1S/C22H33N5O4/c1-2-23-22(25-10-9-24-20(29)18-5-3-4-6-19(18)28)27-11-7-17(8-12-27)21(30)26-13-15-31-16-14-26/h3-6,17,28H,2,7-16H2,1H3,(H,23,25)(H,24,29). The largest absolute Gasteiger partial charge is 0.507 e. The number of guanidine groups is 1. The van der Waals surface area contributed by atoms with Crippen molar-refractivity contribution in [2.24, 2.45) is 10.9 Å². The Kier molecular flexibility index (Phi) is 8.52. The first-order chi connectivity index (χ1) is 15.1. The third-order valence-corrected chi connectivity index (χ3v) is 5.61. The predicted octanol–water partition coefficient (Wildman–Crippen LogP) is 0.658. The first-order valence-corrected chi connectivity index (χ1v) is 11.1. The minimum absolute atomic E-state index is 0.0358. The van der Waals surface area contributed by atoms with Gasteiger partial charge < -0.3 is 30.3 Å². The van der Waals surface area contributed by atoms with Crippen LogP contribution in [0.4, 0.5) is 0 Å². The van der Waals surface area contributed by atoms with Crippen LogP contribution in [-0.4, -0.2) is 91.7 Å². The molecule has 0 saturated carbocycles. The molecule has 0 radical (unpaired) electrons. The van der Waals surface area contributed by atoms with E-state index in [1.54, 1.807) is 18.2 Å². The van der Waals surface area contributed by atoms with Crippen LogP contribution in [0.15, 0.2) is 29.3 Å². The number of hydrogen-bond donors (Lipinski definition) is 3. The van der Waals surface area contributed by atoms with Gasteiger partial charge >= 0.3 is 0 Å². The average Bonchev–Trinajstić information content (AvgIpc) is 2.81. The molecule has 0 unspecified atom stereocenters. The van der Waals surface area contributed by atoms with E-state index in [0.29, 0.717) is 39.4 Å². The van der Waals surface area contributed by atoms with Crippen LogP contribution in [0.1, 0.15) is 30.1 Å². The number of nitrogens with zero attached hydrogens (tertiary/aromatic N) is 3. The van der Waals surface area contributed by atoms with E-state index in [1.165, 1.54) is 6.07 Å². The van der Waals surface area contributed by atoms with E-state index >= 15 is 0 Å². The lowest BCUT2D eigenvalue weighted by molar-refractivity contribution is -0.140. The van der Waals surface area contributed by atoms with E-state index in [0.717, 1.165) is 38.4 Å². The van der Waals surface area contributed by atoms with E-state index in [2.05, 4.69) is 20.5 Å². The van der Waals surface area contributed by atoms with Crippen molar-refractivity contribution < 1.29 is 19.4 Å². The van der Waals surface area contributed by atoms with Crippen LogP contribution in [0.3, 0.4) is 0 Å². The highest BCUT2D eigenvalue weighted by Gasteiger charge is 2.30. The Bertz CT molecular complexity index is 771. The summed E-state index contributed by atoms with van der Waals surface area (Å²) < 4.78 is 5.34. The molecular weight excluding hydrogens is 398 g/mol. The number of aliphatic imine (C=N–C) groups is 1. The normalized spacial score (nSPS) is 18.0. The zero-order chi connectivity index (χ0) is 22.1. The van der Waals surface area contributed by atoms with Gasteiger partial charge in [-0.2, -0.15) is 0 Å². The Labute approximate surface area is 183 Å². The highest BCUT2D eigenvalue weighted by molar-refractivity contribution is 5.96. The molecule has 9 nitrogen and oxygen atoms in total. The number of para-hydroxylation sites is 1. The van der Waals surface area contributed by atoms with Crippen molar-refractivity contribution in [1.29, 1.82) is 0 Å². The van der Waals surface area contributed by atoms with Crippen LogP contribution < -0.4 is 10.6 Å². The fraction of sp³-hybridized carbons (Fsp3) is 0.591. The zero-order valence-electron chi connectivity index (χ0n) is 18.2. The number of amides is 2. The smallest absolute Gasteiger partial charge is 0.255 e. The van der Waals surface area contributed by atoms with Crippen LogP contribution in [0.2, 0.25) is 0 Å². The average molecular weight is 432 g/mol. The minimum Gasteiger partial charge on any atom is -0.507 e. The summed E-state index contributed by atoms with van der Waals surface area (Å²) in [6, 6.07) is 6.46. The number of phenols is 1. The van der Waals surface area contributed by atoms with Gasteiger partial charge in [0, 0.05) is 45.2 Å². The van der Waals surface area contributed by atoms with E-state index in [4.69, 9.17) is 4.74 Å². The number of aromatic hydroxyl groups is 1. The summed E-state index contributed by atoms with van der Waals surface area (Å²) >= 11 is 0. The summed E-state index contributed by atoms with van der Waals surface area (Å²) in [5, 5.41) is 15.9. The summed E-state index contributed by atoms with van der Waals surface area (Å²) in [6.45, 7) is 7.74. The van der Waals surface area contributed by atoms with Gasteiger partial charge in [-0.3, -0.25) is 14.6 Å². The molecule has 9 heteroatoms. The topological polar surface area (TPSA) is 106 Å². The van der Waals surface area contributed by atoms with Gasteiger partial charge in [0.25, 0.3) is 5.91 Å². The van der Waals surface area contributed by atoms with Crippen molar-refractivity contribution >= 4 is 17.8 Å². The Balaban J connectivity index is 1.46. The van der Waals surface area contributed by atoms with E-state index in [9.17, 15) is 14.7 Å². The third-order valence-electron chi connectivity index (χ3n) is 5.61. The molecule has 0 atom stereocenters. The lowest BCUT2D eigenvalue weighted by atomic mass is 9.95. The summed E-state index contributed by atoms with van der Waals surface area (Å²) in [5.41, 5.74) is 0.255. The second kappa shape index (κ2) is 11.5. The van der Waals surface area contributed by atoms with Crippen LogP contribution in [0.5, 0.6) is 5.75 Å². The number of piperidine rings is 1. The molecule has 1 aromatic rings. The first kappa shape index (κ1) is 22.9. The quantitative estimate of drug-likeness (QED) is 0.347. The van der Waals surface area contributed by atoms with Crippen LogP contribution in [0.25, 0.3) is 0 Å². The van der Waals surface area contributed by atoms with Crippen molar-refractivity contribution in [3.8, 4) is 5.75 Å². The Morgan fingerprint density at radius 3 is 2.48 bits per heavy atom. The first-order valence-electron chi connectivity index (χ1n) is 11.1. The molecule has 2 fully saturated rings. The summed E-state index contributed by atoms with van der Waals surface area (Å²) in [6.07, 6.45) is 1.62. The fourth-order valence-electron chi connectivity index (χ4n) is 3.90. The molecule has 0 spiro atoms. The second-order valence-corrected chi connectivity index (χ2v) is 7.71. The van der Waals surface area contributed by atoms with Gasteiger partial charge in [0.2, 0.25) is 5.91 Å². The fourth-order valence-corrected chi connectivity index (χ4v) is 3.90. The molecule has 0 aromatic heterocycles. The Morgan fingerprint density at radius 2 is 1.81 bits per heavy atom. The molecule has 2 aliphatic heterocycles. The van der Waals surface area contributed by atoms with E-state index in [1.807, 2.05) is 11.8 Å². The van der Waals surface area contributed by atoms with Gasteiger partial charge in [0.05, 0.1) is 25.3 Å². The maximum absolute atomic E-state index is 12.7. The van der Waals surface area contributed by atoms with Crippen LogP contribution in [0, 0.1) is 5.92 Å². The molecule has 1 aromatic carbocycles. The molecule has 3 rings (SSSR count). The summed E-state index contributed by atoms with van der Waals surface area (Å²) in [4.78, 5) is 33.6. The number of nitrogens with one attached hydrogen (secondary N) is 2. The van der Waals surface area contributed by atoms with Crippen molar-refractivity contribution in [1.82, 2.24) is 20.4 Å². The van der Waals surface area contributed by atoms with Crippen molar-refractivity contribution in [3.63, 3.8) is 0 Å². The highest BCUT2D eigenvalue weighted by Crippen LogP contribution is 2.20. The molecule has 0 bridgehead atoms. The number of ether oxygens (including phenoxy) is 1. The lowest BCUT2D eigenvalue weighted by Gasteiger charge is -2.36. The molecule has 170 valence electrons. The molecule has 3 N–H and O–H groups in total. The van der Waals surface area contributed by atoms with Crippen LogP contribution >= 0.6 is 0 Å². The Morgan fingerprint density at radius 1 is 1.10 bits per heavy atom. The molecule has 31 heavy (non-hydrogen) atoms. The van der Waals surface area contributed by atoms with Gasteiger partial charge in [0.1, 0.15) is 5.75 Å². The van der Waals surface area contributed by atoms with Crippen LogP contribution in [-0.2, 0) is 9.53 Å². The summed E-state index contributed by atoms with van der Waals surface area (Å²) in [7, 11) is 0. The van der Waals surface area contributed by atoms with Gasteiger partial charge in [-0.25, -0.2) is 0 Å². The number of morpholine rings is 1. The third kappa shape index (κ3) is 6.33. The van der Waals surface area contributed by atoms with Gasteiger partial charge in [0.15, 0.2) is 5.96 Å². The monoisotopic (exact) mass is 431 g/mol. The van der Waals surface area contributed by atoms with Gasteiger partial charge in [-0.1, -0.05) is 12.1 Å². The van der Waals surface area contributed by atoms with Crippen molar-refractivity contribution in [2.45, 2.75) is 19.8 Å². The number of carbonyl (C=O) groups excluding carboxylic acids is 2. The Hall–Kier alpha value is -2.81. The van der Waals surface area contributed by atoms with Gasteiger partial charge in [-0.05, 0) is 31.9 Å². The van der Waals surface area contributed by atoms with Gasteiger partial charge in [-0.15, -0.1) is 0 Å². The van der Waals surface area contributed by atoms with E-state index in [-0.39, 0.29) is 29.0 Å². The number of rotatable bonds is 6. The maximum Gasteiger partial charge on any atom is 0.255 e. The number of likely N-dealkylation sites (tertiary alicyclic amines) is 1. The molecule has 2 saturated heterocycles. The number of carbonyl (C=O) groups is 2. The predicted molar refractivity (Wildman–Crippen MR) is 118 cm³/mol. The summed E-state index contributed by atoms with van der Waals surface area (Å²) in [5.74, 6) is 0.760. The number of hydrogen-bond acceptors (Lipinski definition) is 5. The molecular formula is C22H33N5O4. The SMILES string of the molecule is CCNC(=NCCNC(=O)c1ccccc1O)N1CCC(C(=O)N2CCOCC2)CC1. The zero-order valence-corrected chi connectivity index (χ0v) is 18.2. The molecule has 2 aliphatic rings.